The van der Waals surface area contributed by atoms with Crippen LogP contribution in [0.1, 0.15) is 59.7 Å². The predicted octanol–water partition coefficient (Wildman–Crippen LogP) is 2.91. The highest BCUT2D eigenvalue weighted by Gasteiger charge is 2.27. The summed E-state index contributed by atoms with van der Waals surface area (Å²) in [7, 11) is 0. The van der Waals surface area contributed by atoms with Crippen molar-refractivity contribution in [3.05, 3.63) is 47.1 Å². The zero-order chi connectivity index (χ0) is 16.9. The molecular weight excluding hydrogens is 304 g/mol. The monoisotopic (exact) mass is 324 g/mol. The van der Waals surface area contributed by atoms with Crippen molar-refractivity contribution in [1.29, 1.82) is 5.26 Å². The molecule has 124 valence electrons. The molecule has 0 aliphatic carbocycles. The molecule has 6 nitrogen and oxygen atoms in total. The molecule has 3 rings (SSSR count). The Balaban J connectivity index is 1.59. The molecule has 2 aromatic rings. The van der Waals surface area contributed by atoms with E-state index in [1.54, 1.807) is 24.3 Å². The quantitative estimate of drug-likeness (QED) is 0.863. The van der Waals surface area contributed by atoms with E-state index in [9.17, 15) is 4.79 Å². The molecule has 1 amide bonds. The Hall–Kier alpha value is -2.68. The summed E-state index contributed by atoms with van der Waals surface area (Å²) in [6.45, 7) is 3.44. The average molecular weight is 324 g/mol. The second kappa shape index (κ2) is 7.26. The maximum absolute atomic E-state index is 12.5. The van der Waals surface area contributed by atoms with Crippen molar-refractivity contribution in [3.63, 3.8) is 0 Å². The van der Waals surface area contributed by atoms with Gasteiger partial charge < -0.3 is 9.42 Å². The Morgan fingerprint density at radius 1 is 1.33 bits per heavy atom. The molecular formula is C18H20N4O2. The molecule has 1 fully saturated rings. The van der Waals surface area contributed by atoms with Crippen LogP contribution in [0.2, 0.25) is 0 Å². The Bertz CT molecular complexity index is 737. The van der Waals surface area contributed by atoms with E-state index in [0.29, 0.717) is 30.1 Å². The van der Waals surface area contributed by atoms with Gasteiger partial charge in [0, 0.05) is 31.0 Å². The van der Waals surface area contributed by atoms with Crippen LogP contribution in [0.5, 0.6) is 0 Å². The van der Waals surface area contributed by atoms with E-state index in [1.165, 1.54) is 0 Å². The molecule has 2 heterocycles. The zero-order valence-corrected chi connectivity index (χ0v) is 13.7. The summed E-state index contributed by atoms with van der Waals surface area (Å²) < 4.78 is 5.37. The number of nitriles is 1. The lowest BCUT2D eigenvalue weighted by Gasteiger charge is -2.30. The zero-order valence-electron chi connectivity index (χ0n) is 13.7. The maximum Gasteiger partial charge on any atom is 0.253 e. The number of hydrogen-bond donors (Lipinski definition) is 0. The van der Waals surface area contributed by atoms with E-state index in [0.717, 1.165) is 31.5 Å². The van der Waals surface area contributed by atoms with E-state index < -0.39 is 0 Å². The number of aromatic nitrogens is 2. The number of nitrogens with zero attached hydrogens (tertiary/aromatic N) is 4. The van der Waals surface area contributed by atoms with Crippen molar-refractivity contribution in [2.75, 3.05) is 13.1 Å². The van der Waals surface area contributed by atoms with Gasteiger partial charge in [0.05, 0.1) is 11.6 Å². The van der Waals surface area contributed by atoms with Gasteiger partial charge in [-0.25, -0.2) is 0 Å². The highest BCUT2D eigenvalue weighted by atomic mass is 16.5. The highest BCUT2D eigenvalue weighted by Crippen LogP contribution is 2.27. The molecule has 6 heteroatoms. The van der Waals surface area contributed by atoms with Gasteiger partial charge in [0.1, 0.15) is 0 Å². The summed E-state index contributed by atoms with van der Waals surface area (Å²) in [5, 5.41) is 12.8. The number of amides is 1. The minimum Gasteiger partial charge on any atom is -0.339 e. The van der Waals surface area contributed by atoms with Crippen LogP contribution >= 0.6 is 0 Å². The molecule has 1 aliphatic rings. The van der Waals surface area contributed by atoms with Crippen LogP contribution in [0.25, 0.3) is 0 Å². The number of likely N-dealkylation sites (tertiary alicyclic amines) is 1. The van der Waals surface area contributed by atoms with Gasteiger partial charge in [-0.1, -0.05) is 12.1 Å². The minimum atomic E-state index is 0.00939. The number of aryl methyl sites for hydroxylation is 1. The van der Waals surface area contributed by atoms with E-state index in [4.69, 9.17) is 9.78 Å². The molecule has 0 N–H and O–H groups in total. The number of rotatable bonds is 4. The number of carbonyl (C=O) groups excluding carboxylic acids is 1. The summed E-state index contributed by atoms with van der Waals surface area (Å²) >= 11 is 0. The second-order valence-corrected chi connectivity index (χ2v) is 6.05. The summed E-state index contributed by atoms with van der Waals surface area (Å²) in [5.41, 5.74) is 1.18. The topological polar surface area (TPSA) is 83.0 Å². The molecule has 0 atom stereocenters. The van der Waals surface area contributed by atoms with Crippen molar-refractivity contribution in [3.8, 4) is 6.07 Å². The fourth-order valence-corrected chi connectivity index (χ4v) is 2.96. The normalized spacial score (nSPS) is 15.2. The van der Waals surface area contributed by atoms with E-state index in [2.05, 4.69) is 23.1 Å². The van der Waals surface area contributed by atoms with Gasteiger partial charge in [-0.15, -0.1) is 0 Å². The smallest absolute Gasteiger partial charge is 0.253 e. The number of benzene rings is 1. The summed E-state index contributed by atoms with van der Waals surface area (Å²) in [4.78, 5) is 18.8. The van der Waals surface area contributed by atoms with Gasteiger partial charge in [0.2, 0.25) is 5.89 Å². The van der Waals surface area contributed by atoms with Crippen LogP contribution < -0.4 is 0 Å². The highest BCUT2D eigenvalue weighted by molar-refractivity contribution is 5.94. The molecule has 1 aliphatic heterocycles. The van der Waals surface area contributed by atoms with E-state index in [1.807, 2.05) is 4.90 Å². The summed E-state index contributed by atoms with van der Waals surface area (Å²) in [6.07, 6.45) is 3.49. The maximum atomic E-state index is 12.5. The number of hydrogen-bond acceptors (Lipinski definition) is 5. The second-order valence-electron chi connectivity index (χ2n) is 6.05. The molecule has 0 spiro atoms. The Morgan fingerprint density at radius 3 is 2.67 bits per heavy atom. The van der Waals surface area contributed by atoms with E-state index >= 15 is 0 Å². The van der Waals surface area contributed by atoms with Gasteiger partial charge in [-0.05, 0) is 43.5 Å². The largest absolute Gasteiger partial charge is 0.339 e. The molecule has 0 radical (unpaired) electrons. The predicted molar refractivity (Wildman–Crippen MR) is 87.3 cm³/mol. The average Bonchev–Trinajstić information content (AvgIpc) is 3.10. The summed E-state index contributed by atoms with van der Waals surface area (Å²) in [5.74, 6) is 1.70. The fourth-order valence-electron chi connectivity index (χ4n) is 2.96. The van der Waals surface area contributed by atoms with Gasteiger partial charge >= 0.3 is 0 Å². The van der Waals surface area contributed by atoms with Crippen molar-refractivity contribution in [1.82, 2.24) is 15.0 Å². The molecule has 0 bridgehead atoms. The van der Waals surface area contributed by atoms with Crippen LogP contribution in [-0.4, -0.2) is 34.0 Å². The summed E-state index contributed by atoms with van der Waals surface area (Å²) in [6, 6.07) is 8.83. The molecule has 1 aromatic heterocycles. The lowest BCUT2D eigenvalue weighted by atomic mass is 9.96. The van der Waals surface area contributed by atoms with Crippen molar-refractivity contribution in [2.24, 2.45) is 0 Å². The molecule has 1 aromatic carbocycles. The third-order valence-electron chi connectivity index (χ3n) is 4.35. The van der Waals surface area contributed by atoms with Crippen LogP contribution in [0, 0.1) is 11.3 Å². The SMILES string of the molecule is CCCc1noc(C2CCN(C(=O)c3ccc(C#N)cc3)CC2)n1. The van der Waals surface area contributed by atoms with Crippen LogP contribution in [0.15, 0.2) is 28.8 Å². The first-order chi connectivity index (χ1) is 11.7. The molecule has 0 saturated carbocycles. The Morgan fingerprint density at radius 2 is 2.04 bits per heavy atom. The lowest BCUT2D eigenvalue weighted by molar-refractivity contribution is 0.0704. The van der Waals surface area contributed by atoms with Gasteiger partial charge in [0.15, 0.2) is 5.82 Å². The molecule has 1 saturated heterocycles. The first kappa shape index (κ1) is 16.2. The first-order valence-electron chi connectivity index (χ1n) is 8.33. The minimum absolute atomic E-state index is 0.00939. The van der Waals surface area contributed by atoms with Crippen LogP contribution in [0.4, 0.5) is 0 Å². The molecule has 24 heavy (non-hydrogen) atoms. The third kappa shape index (κ3) is 3.46. The van der Waals surface area contributed by atoms with E-state index in [-0.39, 0.29) is 11.8 Å². The van der Waals surface area contributed by atoms with Gasteiger partial charge in [-0.2, -0.15) is 10.2 Å². The number of piperidine rings is 1. The number of carbonyl (C=O) groups is 1. The van der Waals surface area contributed by atoms with Gasteiger partial charge in [0.25, 0.3) is 5.91 Å². The first-order valence-corrected chi connectivity index (χ1v) is 8.33. The molecule has 0 unspecified atom stereocenters. The van der Waals surface area contributed by atoms with Crippen molar-refractivity contribution >= 4 is 5.91 Å². The standard InChI is InChI=1S/C18H20N4O2/c1-2-3-16-20-17(24-21-16)14-8-10-22(11-9-14)18(23)15-6-4-13(12-19)5-7-15/h4-7,14H,2-3,8-11H2,1H3. The van der Waals surface area contributed by atoms with Gasteiger partial charge in [-0.3, -0.25) is 4.79 Å². The van der Waals surface area contributed by atoms with Crippen LogP contribution in [0.3, 0.4) is 0 Å². The van der Waals surface area contributed by atoms with Crippen LogP contribution in [-0.2, 0) is 6.42 Å². The van der Waals surface area contributed by atoms with Crippen molar-refractivity contribution < 1.29 is 9.32 Å². The fraction of sp³-hybridized carbons (Fsp3) is 0.444. The Labute approximate surface area is 141 Å². The Kier molecular flexibility index (Phi) is 4.90. The third-order valence-corrected chi connectivity index (χ3v) is 4.35. The lowest BCUT2D eigenvalue weighted by Crippen LogP contribution is -2.38. The van der Waals surface area contributed by atoms with Crippen molar-refractivity contribution in [2.45, 2.75) is 38.5 Å².